The summed E-state index contributed by atoms with van der Waals surface area (Å²) in [5.41, 5.74) is 0.942. The minimum absolute atomic E-state index is 0.268. The molecule has 2 aromatic rings. The largest absolute Gasteiger partial charge is 0.354 e. The highest BCUT2D eigenvalue weighted by Gasteiger charge is 2.29. The van der Waals surface area contributed by atoms with Crippen molar-refractivity contribution in [2.45, 2.75) is 30.9 Å². The molecule has 1 aliphatic rings. The zero-order valence-corrected chi connectivity index (χ0v) is 15.8. The van der Waals surface area contributed by atoms with Crippen molar-refractivity contribution in [3.8, 4) is 0 Å². The van der Waals surface area contributed by atoms with Crippen molar-refractivity contribution in [3.05, 3.63) is 35.1 Å². The predicted molar refractivity (Wildman–Crippen MR) is 96.1 cm³/mol. The first-order valence-electron chi connectivity index (χ1n) is 8.02. The van der Waals surface area contributed by atoms with E-state index in [1.807, 2.05) is 13.0 Å². The molecule has 3 heterocycles. The normalized spacial score (nSPS) is 16.8. The van der Waals surface area contributed by atoms with Gasteiger partial charge in [0.25, 0.3) is 10.0 Å². The molecule has 0 aliphatic carbocycles. The zero-order valence-electron chi connectivity index (χ0n) is 14.1. The Morgan fingerprint density at radius 2 is 1.88 bits per heavy atom. The number of thiophene rings is 1. The number of aromatic nitrogens is 2. The van der Waals surface area contributed by atoms with E-state index in [-0.39, 0.29) is 5.92 Å². The van der Waals surface area contributed by atoms with Gasteiger partial charge in [0.05, 0.1) is 0 Å². The van der Waals surface area contributed by atoms with Crippen LogP contribution in [0, 0.1) is 6.92 Å². The minimum atomic E-state index is -3.36. The second kappa shape index (κ2) is 6.78. The number of nitrogens with zero attached hydrogens (tertiary/aromatic N) is 4. The summed E-state index contributed by atoms with van der Waals surface area (Å²) in [4.78, 5) is 11.3. The van der Waals surface area contributed by atoms with Crippen LogP contribution in [0.4, 0.5) is 5.82 Å². The third-order valence-corrected chi connectivity index (χ3v) is 7.30. The fourth-order valence-corrected chi connectivity index (χ4v) is 5.26. The van der Waals surface area contributed by atoms with Crippen LogP contribution in [0.5, 0.6) is 0 Å². The fraction of sp³-hybridized carbons (Fsp3) is 0.500. The maximum Gasteiger partial charge on any atom is 0.252 e. The summed E-state index contributed by atoms with van der Waals surface area (Å²) in [7, 11) is -3.36. The van der Waals surface area contributed by atoms with E-state index in [0.717, 1.165) is 17.3 Å². The Bertz CT molecular complexity index is 795. The Kier molecular flexibility index (Phi) is 4.89. The average Bonchev–Trinajstić information content (AvgIpc) is 3.09. The molecule has 130 valence electrons. The van der Waals surface area contributed by atoms with Gasteiger partial charge in [-0.15, -0.1) is 11.3 Å². The Balaban J connectivity index is 1.74. The molecule has 0 spiro atoms. The van der Waals surface area contributed by atoms with E-state index in [1.165, 1.54) is 11.3 Å². The standard InChI is InChI=1S/C16H22N4O2S2/c1-12(2)16-17-13(3)11-14(18-16)19-6-8-20(9-7-19)24(21,22)15-5-4-10-23-15/h4-5,10-12H,6-9H2,1-3H3. The van der Waals surface area contributed by atoms with Gasteiger partial charge in [0, 0.05) is 43.9 Å². The monoisotopic (exact) mass is 366 g/mol. The molecule has 3 rings (SSSR count). The van der Waals surface area contributed by atoms with Crippen molar-refractivity contribution in [2.75, 3.05) is 31.1 Å². The summed E-state index contributed by atoms with van der Waals surface area (Å²) in [5.74, 6) is 1.99. The molecule has 2 aromatic heterocycles. The lowest BCUT2D eigenvalue weighted by atomic mass is 10.2. The summed E-state index contributed by atoms with van der Waals surface area (Å²) >= 11 is 1.26. The van der Waals surface area contributed by atoms with Crippen molar-refractivity contribution in [1.29, 1.82) is 0 Å². The number of hydrogen-bond acceptors (Lipinski definition) is 6. The summed E-state index contributed by atoms with van der Waals surface area (Å²) < 4.78 is 27.1. The number of rotatable bonds is 4. The third-order valence-electron chi connectivity index (χ3n) is 4.03. The van der Waals surface area contributed by atoms with Crippen molar-refractivity contribution >= 4 is 27.2 Å². The Labute approximate surface area is 147 Å². The molecule has 8 heteroatoms. The van der Waals surface area contributed by atoms with Gasteiger partial charge in [0.1, 0.15) is 15.9 Å². The molecule has 0 aromatic carbocycles. The SMILES string of the molecule is Cc1cc(N2CCN(S(=O)(=O)c3cccs3)CC2)nc(C(C)C)n1. The van der Waals surface area contributed by atoms with Crippen LogP contribution in [0.1, 0.15) is 31.3 Å². The van der Waals surface area contributed by atoms with Crippen LogP contribution >= 0.6 is 11.3 Å². The van der Waals surface area contributed by atoms with Gasteiger partial charge in [-0.2, -0.15) is 4.31 Å². The zero-order chi connectivity index (χ0) is 17.3. The van der Waals surface area contributed by atoms with Crippen LogP contribution < -0.4 is 4.90 Å². The highest BCUT2D eigenvalue weighted by molar-refractivity contribution is 7.91. The number of anilines is 1. The van der Waals surface area contributed by atoms with Gasteiger partial charge < -0.3 is 4.90 Å². The van der Waals surface area contributed by atoms with Crippen molar-refractivity contribution < 1.29 is 8.42 Å². The third kappa shape index (κ3) is 3.45. The number of hydrogen-bond donors (Lipinski definition) is 0. The van der Waals surface area contributed by atoms with Crippen LogP contribution in [-0.4, -0.2) is 48.9 Å². The van der Waals surface area contributed by atoms with E-state index in [1.54, 1.807) is 21.8 Å². The molecule has 0 bridgehead atoms. The summed E-state index contributed by atoms with van der Waals surface area (Å²) in [6, 6.07) is 5.40. The minimum Gasteiger partial charge on any atom is -0.354 e. The van der Waals surface area contributed by atoms with Crippen LogP contribution in [-0.2, 0) is 10.0 Å². The average molecular weight is 367 g/mol. The van der Waals surface area contributed by atoms with Crippen LogP contribution in [0.25, 0.3) is 0 Å². The molecule has 1 fully saturated rings. The molecule has 0 radical (unpaired) electrons. The molecule has 24 heavy (non-hydrogen) atoms. The van der Waals surface area contributed by atoms with Gasteiger partial charge in [0.2, 0.25) is 0 Å². The summed E-state index contributed by atoms with van der Waals surface area (Å²) in [5, 5.41) is 1.79. The first-order chi connectivity index (χ1) is 11.4. The molecule has 1 aliphatic heterocycles. The number of aryl methyl sites for hydroxylation is 1. The molecule has 6 nitrogen and oxygen atoms in total. The smallest absolute Gasteiger partial charge is 0.252 e. The van der Waals surface area contributed by atoms with Crippen molar-refractivity contribution in [3.63, 3.8) is 0 Å². The second-order valence-electron chi connectivity index (χ2n) is 6.20. The molecular weight excluding hydrogens is 344 g/mol. The fourth-order valence-electron chi connectivity index (χ4n) is 2.69. The molecule has 1 saturated heterocycles. The summed E-state index contributed by atoms with van der Waals surface area (Å²) in [6.45, 7) is 8.33. The molecule has 0 saturated carbocycles. The van der Waals surface area contributed by atoms with E-state index < -0.39 is 10.0 Å². The van der Waals surface area contributed by atoms with E-state index in [9.17, 15) is 8.42 Å². The lowest BCUT2D eigenvalue weighted by Gasteiger charge is -2.34. The van der Waals surface area contributed by atoms with Gasteiger partial charge in [-0.1, -0.05) is 19.9 Å². The highest BCUT2D eigenvalue weighted by atomic mass is 32.2. The molecule has 0 atom stereocenters. The lowest BCUT2D eigenvalue weighted by molar-refractivity contribution is 0.384. The molecule has 0 amide bonds. The highest BCUT2D eigenvalue weighted by Crippen LogP contribution is 2.24. The maximum absolute atomic E-state index is 12.6. The summed E-state index contributed by atoms with van der Waals surface area (Å²) in [6.07, 6.45) is 0. The van der Waals surface area contributed by atoms with Gasteiger partial charge in [-0.3, -0.25) is 0 Å². The molecule has 0 N–H and O–H groups in total. The van der Waals surface area contributed by atoms with E-state index in [4.69, 9.17) is 0 Å². The van der Waals surface area contributed by atoms with E-state index in [0.29, 0.717) is 30.4 Å². The van der Waals surface area contributed by atoms with Crippen LogP contribution in [0.3, 0.4) is 0 Å². The first kappa shape index (κ1) is 17.3. The Morgan fingerprint density at radius 3 is 2.46 bits per heavy atom. The Morgan fingerprint density at radius 1 is 1.17 bits per heavy atom. The van der Waals surface area contributed by atoms with Crippen LogP contribution in [0.2, 0.25) is 0 Å². The van der Waals surface area contributed by atoms with Crippen molar-refractivity contribution in [2.24, 2.45) is 0 Å². The van der Waals surface area contributed by atoms with Crippen LogP contribution in [0.15, 0.2) is 27.8 Å². The van der Waals surface area contributed by atoms with Crippen molar-refractivity contribution in [1.82, 2.24) is 14.3 Å². The van der Waals surface area contributed by atoms with E-state index >= 15 is 0 Å². The van der Waals surface area contributed by atoms with Gasteiger partial charge in [-0.05, 0) is 18.4 Å². The second-order valence-corrected chi connectivity index (χ2v) is 9.32. The molecule has 0 unspecified atom stereocenters. The van der Waals surface area contributed by atoms with Gasteiger partial charge in [0.15, 0.2) is 0 Å². The van der Waals surface area contributed by atoms with E-state index in [2.05, 4.69) is 28.7 Å². The topological polar surface area (TPSA) is 66.4 Å². The van der Waals surface area contributed by atoms with Gasteiger partial charge >= 0.3 is 0 Å². The quantitative estimate of drug-likeness (QED) is 0.832. The number of sulfonamides is 1. The first-order valence-corrected chi connectivity index (χ1v) is 10.3. The predicted octanol–water partition coefficient (Wildman–Crippen LogP) is 2.48. The number of piperazine rings is 1. The maximum atomic E-state index is 12.6. The Hall–Kier alpha value is -1.51. The van der Waals surface area contributed by atoms with Gasteiger partial charge in [-0.25, -0.2) is 18.4 Å². The molecular formula is C16H22N4O2S2. The lowest BCUT2D eigenvalue weighted by Crippen LogP contribution is -2.48.